The molecule has 1 aromatic carbocycles. The van der Waals surface area contributed by atoms with Crippen LogP contribution >= 0.6 is 0 Å². The van der Waals surface area contributed by atoms with Crippen LogP contribution in [0, 0.1) is 0 Å². The number of rotatable bonds is 26. The van der Waals surface area contributed by atoms with Gasteiger partial charge in [0, 0.05) is 18.5 Å². The van der Waals surface area contributed by atoms with E-state index < -0.39 is 55.3 Å². The normalized spacial score (nSPS) is 14.0. The molecule has 1 unspecified atom stereocenters. The molecule has 0 aliphatic heterocycles. The predicted molar refractivity (Wildman–Crippen MR) is 152 cm³/mol. The van der Waals surface area contributed by atoms with Gasteiger partial charge in [-0.25, -0.2) is 19.4 Å². The Kier molecular flexibility index (Phi) is 16.7. The molecule has 0 amide bonds. The highest BCUT2D eigenvalue weighted by Crippen LogP contribution is 2.47. The lowest BCUT2D eigenvalue weighted by Crippen LogP contribution is -2.56. The van der Waals surface area contributed by atoms with Crippen LogP contribution in [0.1, 0.15) is 70.8 Å². The quantitative estimate of drug-likeness (QED) is 0.0524. The Morgan fingerprint density at radius 2 is 1.23 bits per heavy atom. The summed E-state index contributed by atoms with van der Waals surface area (Å²) in [5.74, 6) is -0.999. The highest BCUT2D eigenvalue weighted by molar-refractivity contribution is 5.65. The van der Waals surface area contributed by atoms with Crippen LogP contribution in [-0.4, -0.2) is 66.1 Å². The molecule has 0 N–H and O–H groups in total. The molecule has 1 atom stereocenters. The van der Waals surface area contributed by atoms with Gasteiger partial charge in [0.1, 0.15) is 18.1 Å². The first-order valence-electron chi connectivity index (χ1n) is 15.7. The topological polar surface area (TPSA) is 90.4 Å². The second-order valence-electron chi connectivity index (χ2n) is 11.1. The average molecular weight is 801 g/mol. The van der Waals surface area contributed by atoms with Crippen molar-refractivity contribution in [2.45, 2.75) is 115 Å². The molecule has 0 fully saturated rings. The summed E-state index contributed by atoms with van der Waals surface area (Å²) >= 11 is 0. The van der Waals surface area contributed by atoms with E-state index in [-0.39, 0.29) is 23.7 Å². The summed E-state index contributed by atoms with van der Waals surface area (Å²) in [6.07, 6.45) is -30.9. The molecule has 2 aromatic rings. The third-order valence-electron chi connectivity index (χ3n) is 6.86. The average Bonchev–Trinajstić information content (AvgIpc) is 3.07. The molecule has 0 radical (unpaired) electrons. The van der Waals surface area contributed by atoms with E-state index in [1.807, 2.05) is 0 Å². The van der Waals surface area contributed by atoms with Crippen LogP contribution in [0.15, 0.2) is 30.6 Å². The van der Waals surface area contributed by atoms with Gasteiger partial charge in [0.25, 0.3) is 0 Å². The zero-order valence-corrected chi connectivity index (χ0v) is 27.8. The van der Waals surface area contributed by atoms with E-state index in [0.717, 1.165) is 44.6 Å². The Balaban J connectivity index is 2.17. The van der Waals surface area contributed by atoms with E-state index in [9.17, 15) is 61.7 Å². The number of hydrogen-bond acceptors (Lipinski definition) is 9. The molecule has 0 saturated carbocycles. The van der Waals surface area contributed by atoms with Gasteiger partial charge < -0.3 is 14.2 Å². The first kappa shape index (κ1) is 45.9. The summed E-state index contributed by atoms with van der Waals surface area (Å²) in [5, 5.41) is 0. The highest BCUT2D eigenvalue weighted by atomic mass is 19.4. The van der Waals surface area contributed by atoms with Crippen molar-refractivity contribution >= 4 is 0 Å². The number of unbranched alkanes of at least 4 members (excludes halogenated alkanes) is 7. The van der Waals surface area contributed by atoms with E-state index >= 15 is 0 Å². The molecule has 53 heavy (non-hydrogen) atoms. The minimum atomic E-state index is -7.13. The smallest absolute Gasteiger partial charge is 0.478 e. The van der Waals surface area contributed by atoms with Crippen LogP contribution in [0.4, 0.5) is 61.7 Å². The van der Waals surface area contributed by atoms with Crippen molar-refractivity contribution in [1.29, 1.82) is 0 Å². The molecule has 1 heterocycles. The molecule has 0 saturated heterocycles. The molecule has 0 aliphatic rings. The largest absolute Gasteiger partial charge is 0.494 e. The van der Waals surface area contributed by atoms with Crippen LogP contribution in [0.2, 0.25) is 0 Å². The highest BCUT2D eigenvalue weighted by Gasteiger charge is 2.73. The molecule has 9 nitrogen and oxygen atoms in total. The summed E-state index contributed by atoms with van der Waals surface area (Å²) < 4.78 is 205. The van der Waals surface area contributed by atoms with E-state index in [1.54, 1.807) is 4.74 Å². The minimum absolute atomic E-state index is 0.0124. The molecular formula is C30H34F14N2O7. The number of nitrogens with zero attached hydrogens (tertiary/aromatic N) is 2. The van der Waals surface area contributed by atoms with Crippen LogP contribution in [-0.2, 0) is 30.5 Å². The van der Waals surface area contributed by atoms with E-state index in [2.05, 4.69) is 31.3 Å². The van der Waals surface area contributed by atoms with Crippen LogP contribution in [0.5, 0.6) is 11.5 Å². The second kappa shape index (κ2) is 19.4. The van der Waals surface area contributed by atoms with E-state index in [4.69, 9.17) is 9.47 Å². The fourth-order valence-electron chi connectivity index (χ4n) is 4.23. The van der Waals surface area contributed by atoms with Crippen LogP contribution in [0.3, 0.4) is 0 Å². The van der Waals surface area contributed by atoms with Gasteiger partial charge in [0.2, 0.25) is 0 Å². The van der Waals surface area contributed by atoms with E-state index in [0.29, 0.717) is 12.0 Å². The first-order chi connectivity index (χ1) is 24.6. The minimum Gasteiger partial charge on any atom is -0.494 e. The monoisotopic (exact) mass is 800 g/mol. The van der Waals surface area contributed by atoms with Gasteiger partial charge in [-0.3, -0.25) is 0 Å². The summed E-state index contributed by atoms with van der Waals surface area (Å²) in [6, 6.07) is 3.36. The molecule has 2 rings (SSSR count). The van der Waals surface area contributed by atoms with Gasteiger partial charge in [-0.1, -0.05) is 51.9 Å². The molecule has 0 bridgehead atoms. The number of aromatic nitrogens is 2. The van der Waals surface area contributed by atoms with Gasteiger partial charge in [0.05, 0.1) is 12.2 Å². The lowest BCUT2D eigenvalue weighted by atomic mass is 10.1. The maximum atomic E-state index is 14.7. The van der Waals surface area contributed by atoms with Crippen LogP contribution < -0.4 is 9.47 Å². The number of halogens is 14. The van der Waals surface area contributed by atoms with Crippen molar-refractivity contribution in [3.05, 3.63) is 36.2 Å². The van der Waals surface area contributed by atoms with Gasteiger partial charge in [0.15, 0.2) is 5.82 Å². The third-order valence-corrected chi connectivity index (χ3v) is 6.86. The Hall–Kier alpha value is -3.28. The summed E-state index contributed by atoms with van der Waals surface area (Å²) in [7, 11) is 0. The molecule has 0 spiro atoms. The Morgan fingerprint density at radius 3 is 1.77 bits per heavy atom. The number of benzene rings is 1. The molecule has 0 aliphatic carbocycles. The zero-order valence-electron chi connectivity index (χ0n) is 27.8. The van der Waals surface area contributed by atoms with Crippen molar-refractivity contribution < 1.29 is 95.3 Å². The number of alkyl halides is 12. The lowest BCUT2D eigenvalue weighted by molar-refractivity contribution is -0.560. The fraction of sp³-hybridized carbons (Fsp3) is 0.667. The summed E-state index contributed by atoms with van der Waals surface area (Å²) in [6.45, 7) is 0.460. The van der Waals surface area contributed by atoms with Crippen molar-refractivity contribution in [3.8, 4) is 22.9 Å². The van der Waals surface area contributed by atoms with Gasteiger partial charge >= 0.3 is 42.9 Å². The number of hydrogen-bond donors (Lipinski definition) is 0. The fourth-order valence-corrected chi connectivity index (χ4v) is 4.23. The van der Waals surface area contributed by atoms with Gasteiger partial charge in [-0.15, -0.1) is 9.88 Å². The summed E-state index contributed by atoms with van der Waals surface area (Å²) in [4.78, 5) is 12.6. The van der Waals surface area contributed by atoms with Crippen molar-refractivity contribution in [2.75, 3.05) is 13.2 Å². The predicted octanol–water partition coefficient (Wildman–Crippen LogP) is 10.3. The lowest BCUT2D eigenvalue weighted by Gasteiger charge is -2.32. The molecule has 23 heteroatoms. The van der Waals surface area contributed by atoms with Gasteiger partial charge in [-0.05, 0) is 46.5 Å². The van der Waals surface area contributed by atoms with Crippen molar-refractivity contribution in [3.63, 3.8) is 0 Å². The van der Waals surface area contributed by atoms with Crippen molar-refractivity contribution in [2.24, 2.45) is 0 Å². The first-order valence-corrected chi connectivity index (χ1v) is 15.7. The van der Waals surface area contributed by atoms with Crippen molar-refractivity contribution in [1.82, 2.24) is 9.97 Å². The molecule has 1 aromatic heterocycles. The number of ether oxygens (including phenoxy) is 5. The van der Waals surface area contributed by atoms with Gasteiger partial charge in [-0.2, -0.15) is 52.7 Å². The molecule has 304 valence electrons. The van der Waals surface area contributed by atoms with Crippen LogP contribution in [0.25, 0.3) is 11.4 Å². The van der Waals surface area contributed by atoms with E-state index in [1.165, 1.54) is 49.2 Å². The SMILES string of the molecule is CCCCCCCCCCc1cnc(-c2ccc(OCC)cc2OC(OF)C(F)(F)OCC(F)(F)OC(F)(F)C(F)(F)OC(F)(F)C(F)(F)OF)nc1. The standard InChI is InChI=1S/C30H34F14N2O7/c1-3-5-6-7-8-9-10-11-12-19-16-45-23(46-17-19)21-14-13-20(47-4-2)15-22(21)49-24(50-43)26(33,34)48-18-25(31,32)51-27(35,36)28(37,38)52-29(39,40)30(41,42)53-44/h13-17,24H,3-12,18H2,1-2H3. The maximum Gasteiger partial charge on any atom is 0.478 e. The number of aryl methyl sites for hydroxylation is 1. The molecular weight excluding hydrogens is 766 g/mol. The maximum absolute atomic E-state index is 14.7. The zero-order chi connectivity index (χ0) is 40.1. The Bertz CT molecular complexity index is 1390. The second-order valence-corrected chi connectivity index (χ2v) is 11.1. The third kappa shape index (κ3) is 13.5. The Labute approximate surface area is 292 Å². The summed E-state index contributed by atoms with van der Waals surface area (Å²) in [5.41, 5.74) is 0.484. The Morgan fingerprint density at radius 1 is 0.679 bits per heavy atom.